The molecule has 2 aromatic carbocycles. The zero-order valence-corrected chi connectivity index (χ0v) is 19.2. The van der Waals surface area contributed by atoms with Gasteiger partial charge in [-0.15, -0.1) is 0 Å². The Kier molecular flexibility index (Phi) is 8.76. The zero-order valence-electron chi connectivity index (χ0n) is 19.2. The van der Waals surface area contributed by atoms with Gasteiger partial charge in [0, 0.05) is 19.2 Å². The van der Waals surface area contributed by atoms with E-state index in [9.17, 15) is 5.11 Å². The maximum atomic E-state index is 11.7. The van der Waals surface area contributed by atoms with E-state index in [1.807, 2.05) is 42.5 Å². The van der Waals surface area contributed by atoms with E-state index in [1.54, 1.807) is 7.11 Å². The van der Waals surface area contributed by atoms with Crippen LogP contribution in [0.2, 0.25) is 0 Å². The Bertz CT molecular complexity index is 805. The molecule has 0 aromatic heterocycles. The van der Waals surface area contributed by atoms with Crippen molar-refractivity contribution in [2.24, 2.45) is 0 Å². The van der Waals surface area contributed by atoms with Crippen LogP contribution in [0.15, 0.2) is 42.5 Å². The second kappa shape index (κ2) is 11.5. The second-order valence-electron chi connectivity index (χ2n) is 8.41. The lowest BCUT2D eigenvalue weighted by atomic mass is 9.78. The molecule has 0 saturated heterocycles. The molecule has 170 valence electrons. The van der Waals surface area contributed by atoms with Crippen LogP contribution in [0.1, 0.15) is 56.2 Å². The summed E-state index contributed by atoms with van der Waals surface area (Å²) < 4.78 is 17.3. The summed E-state index contributed by atoms with van der Waals surface area (Å²) in [6.07, 6.45) is 4.70. The van der Waals surface area contributed by atoms with Crippen LogP contribution in [0.3, 0.4) is 0 Å². The Balaban J connectivity index is 1.89. The number of fused-ring (bicyclic) bond motifs is 1. The highest BCUT2D eigenvalue weighted by Gasteiger charge is 2.38. The topological polar surface area (TPSA) is 51.2 Å². The molecule has 0 radical (unpaired) electrons. The van der Waals surface area contributed by atoms with Gasteiger partial charge < -0.3 is 24.2 Å². The van der Waals surface area contributed by atoms with E-state index in [0.29, 0.717) is 24.7 Å². The van der Waals surface area contributed by atoms with Crippen LogP contribution in [0.5, 0.6) is 11.5 Å². The fourth-order valence-electron chi connectivity index (χ4n) is 4.54. The molecule has 1 atom stereocenters. The van der Waals surface area contributed by atoms with Crippen molar-refractivity contribution in [2.45, 2.75) is 58.2 Å². The molecule has 2 aromatic rings. The lowest BCUT2D eigenvalue weighted by Crippen LogP contribution is -2.43. The van der Waals surface area contributed by atoms with Gasteiger partial charge in [0.1, 0.15) is 12.2 Å². The van der Waals surface area contributed by atoms with Gasteiger partial charge in [-0.3, -0.25) is 0 Å². The molecule has 5 nitrogen and oxygen atoms in total. The van der Waals surface area contributed by atoms with Crippen LogP contribution in [-0.4, -0.2) is 43.5 Å². The standard InChI is InChI=1S/C26H37NO4/c1-4-16-27(17-5-2)19-26(28)15-9-12-22-23(26)13-14-24(25(22)31-20-29-3)30-18-21-10-7-6-8-11-21/h6-8,10-11,13-14,28H,4-5,9,12,15-20H2,1-3H3. The molecule has 0 saturated carbocycles. The molecular weight excluding hydrogens is 390 g/mol. The van der Waals surface area contributed by atoms with Gasteiger partial charge in [0.2, 0.25) is 0 Å². The third kappa shape index (κ3) is 6.00. The van der Waals surface area contributed by atoms with E-state index in [1.165, 1.54) is 0 Å². The van der Waals surface area contributed by atoms with E-state index in [0.717, 1.165) is 61.9 Å². The lowest BCUT2D eigenvalue weighted by Gasteiger charge is -2.39. The van der Waals surface area contributed by atoms with E-state index >= 15 is 0 Å². The van der Waals surface area contributed by atoms with Gasteiger partial charge >= 0.3 is 0 Å². The van der Waals surface area contributed by atoms with Crippen molar-refractivity contribution >= 4 is 0 Å². The van der Waals surface area contributed by atoms with Gasteiger partial charge in [-0.25, -0.2) is 0 Å². The molecule has 0 aliphatic heterocycles. The summed E-state index contributed by atoms with van der Waals surface area (Å²) >= 11 is 0. The highest BCUT2D eigenvalue weighted by Crippen LogP contribution is 2.44. The van der Waals surface area contributed by atoms with Crippen LogP contribution < -0.4 is 9.47 Å². The molecule has 1 aliphatic carbocycles. The van der Waals surface area contributed by atoms with E-state index in [-0.39, 0.29) is 6.79 Å². The summed E-state index contributed by atoms with van der Waals surface area (Å²) in [6, 6.07) is 14.1. The van der Waals surface area contributed by atoms with Crippen molar-refractivity contribution in [3.05, 3.63) is 59.2 Å². The average molecular weight is 428 g/mol. The van der Waals surface area contributed by atoms with Crippen LogP contribution in [0.4, 0.5) is 0 Å². The van der Waals surface area contributed by atoms with Crippen LogP contribution >= 0.6 is 0 Å². The number of hydrogen-bond donors (Lipinski definition) is 1. The number of methoxy groups -OCH3 is 1. The van der Waals surface area contributed by atoms with Gasteiger partial charge in [-0.2, -0.15) is 0 Å². The van der Waals surface area contributed by atoms with Crippen LogP contribution in [-0.2, 0) is 23.4 Å². The van der Waals surface area contributed by atoms with E-state index < -0.39 is 5.60 Å². The maximum absolute atomic E-state index is 11.7. The summed E-state index contributed by atoms with van der Waals surface area (Å²) in [4.78, 5) is 2.38. The first-order valence-corrected chi connectivity index (χ1v) is 11.5. The number of benzene rings is 2. The van der Waals surface area contributed by atoms with Crippen molar-refractivity contribution in [1.29, 1.82) is 0 Å². The van der Waals surface area contributed by atoms with E-state index in [2.05, 4.69) is 18.7 Å². The predicted molar refractivity (Wildman–Crippen MR) is 124 cm³/mol. The van der Waals surface area contributed by atoms with Crippen molar-refractivity contribution in [2.75, 3.05) is 33.5 Å². The lowest BCUT2D eigenvalue weighted by molar-refractivity contribution is -0.0169. The molecule has 0 bridgehead atoms. The van der Waals surface area contributed by atoms with E-state index in [4.69, 9.17) is 14.2 Å². The Morgan fingerprint density at radius 3 is 2.42 bits per heavy atom. The Hall–Kier alpha value is -2.08. The first-order valence-electron chi connectivity index (χ1n) is 11.5. The minimum Gasteiger partial charge on any atom is -0.485 e. The van der Waals surface area contributed by atoms with Crippen molar-refractivity contribution < 1.29 is 19.3 Å². The quantitative estimate of drug-likeness (QED) is 0.489. The first-order chi connectivity index (χ1) is 15.1. The van der Waals surface area contributed by atoms with Gasteiger partial charge in [0.05, 0.1) is 0 Å². The summed E-state index contributed by atoms with van der Waals surface area (Å²) in [7, 11) is 1.61. The fourth-order valence-corrected chi connectivity index (χ4v) is 4.54. The molecule has 31 heavy (non-hydrogen) atoms. The van der Waals surface area contributed by atoms with Gasteiger partial charge in [-0.1, -0.05) is 50.2 Å². The number of aliphatic hydroxyl groups is 1. The zero-order chi connectivity index (χ0) is 22.1. The summed E-state index contributed by atoms with van der Waals surface area (Å²) in [6.45, 7) is 7.63. The van der Waals surface area contributed by atoms with Crippen molar-refractivity contribution in [1.82, 2.24) is 4.90 Å². The minimum absolute atomic E-state index is 0.147. The van der Waals surface area contributed by atoms with Gasteiger partial charge in [0.15, 0.2) is 18.3 Å². The van der Waals surface area contributed by atoms with Crippen LogP contribution in [0, 0.1) is 0 Å². The Morgan fingerprint density at radius 2 is 1.74 bits per heavy atom. The highest BCUT2D eigenvalue weighted by atomic mass is 16.7. The average Bonchev–Trinajstić information content (AvgIpc) is 2.77. The number of ether oxygens (including phenoxy) is 3. The summed E-state index contributed by atoms with van der Waals surface area (Å²) in [5, 5.41) is 11.7. The van der Waals surface area contributed by atoms with Crippen molar-refractivity contribution in [3.8, 4) is 11.5 Å². The van der Waals surface area contributed by atoms with Crippen LogP contribution in [0.25, 0.3) is 0 Å². The van der Waals surface area contributed by atoms with Gasteiger partial charge in [-0.05, 0) is 62.4 Å². The molecule has 3 rings (SSSR count). The number of nitrogens with zero attached hydrogens (tertiary/aromatic N) is 1. The molecule has 1 unspecified atom stereocenters. The molecule has 1 N–H and O–H groups in total. The second-order valence-corrected chi connectivity index (χ2v) is 8.41. The molecule has 0 heterocycles. The number of rotatable bonds is 12. The minimum atomic E-state index is -0.874. The highest BCUT2D eigenvalue weighted by molar-refractivity contribution is 5.54. The number of hydrogen-bond acceptors (Lipinski definition) is 5. The van der Waals surface area contributed by atoms with Crippen molar-refractivity contribution in [3.63, 3.8) is 0 Å². The first kappa shape index (κ1) is 23.6. The normalized spacial score (nSPS) is 18.1. The molecule has 0 amide bonds. The monoisotopic (exact) mass is 427 g/mol. The maximum Gasteiger partial charge on any atom is 0.188 e. The molecule has 0 spiro atoms. The predicted octanol–water partition coefficient (Wildman–Crippen LogP) is 4.89. The smallest absolute Gasteiger partial charge is 0.188 e. The summed E-state index contributed by atoms with van der Waals surface area (Å²) in [5.74, 6) is 1.40. The molecule has 5 heteroatoms. The fraction of sp³-hybridized carbons (Fsp3) is 0.538. The van der Waals surface area contributed by atoms with Gasteiger partial charge in [0.25, 0.3) is 0 Å². The third-order valence-corrected chi connectivity index (χ3v) is 5.87. The Morgan fingerprint density at radius 1 is 1.00 bits per heavy atom. The Labute approximate surface area is 186 Å². The molecule has 0 fully saturated rings. The molecular formula is C26H37NO4. The largest absolute Gasteiger partial charge is 0.485 e. The SMILES string of the molecule is CCCN(CCC)CC1(O)CCCc2c1ccc(OCc1ccccc1)c2OCOC. The molecule has 1 aliphatic rings. The third-order valence-electron chi connectivity index (χ3n) is 5.87. The summed E-state index contributed by atoms with van der Waals surface area (Å²) in [5.41, 5.74) is 2.24.